The van der Waals surface area contributed by atoms with Gasteiger partial charge in [0, 0.05) is 47.3 Å². The average molecular weight is 579 g/mol. The number of thiophene rings is 4. The minimum Gasteiger partial charge on any atom is -0.496 e. The molecule has 0 fully saturated rings. The van der Waals surface area contributed by atoms with Crippen molar-refractivity contribution in [1.82, 2.24) is 0 Å². The highest BCUT2D eigenvalue weighted by atomic mass is 32.1. The molecule has 5 aromatic rings. The molecule has 0 unspecified atom stereocenters. The van der Waals surface area contributed by atoms with Crippen LogP contribution in [0.5, 0.6) is 5.75 Å². The summed E-state index contributed by atoms with van der Waals surface area (Å²) in [4.78, 5) is 17.6. The first-order valence-corrected chi connectivity index (χ1v) is 16.8. The number of carbonyl (C=O) groups excluding carboxylic acids is 1. The van der Waals surface area contributed by atoms with E-state index >= 15 is 0 Å². The number of hydrogen-bond acceptors (Lipinski definition) is 6. The van der Waals surface area contributed by atoms with Crippen LogP contribution in [0.4, 0.5) is 0 Å². The van der Waals surface area contributed by atoms with Gasteiger partial charge >= 0.3 is 0 Å². The van der Waals surface area contributed by atoms with Crippen molar-refractivity contribution in [2.75, 3.05) is 7.11 Å². The SMILES string of the molecule is CCCCCCCCc1ccc(-c2cc(OC)c(Cc3cc4sc(Cc5sccc5C=O)cc4s3)s2)cc1. The Morgan fingerprint density at radius 3 is 2.16 bits per heavy atom. The van der Waals surface area contributed by atoms with Crippen LogP contribution in [-0.2, 0) is 19.3 Å². The number of unbranched alkanes of at least 4 members (excludes halogenated alkanes) is 5. The molecule has 0 aliphatic rings. The van der Waals surface area contributed by atoms with E-state index in [-0.39, 0.29) is 0 Å². The number of methoxy groups -OCH3 is 1. The van der Waals surface area contributed by atoms with E-state index in [0.717, 1.165) is 35.3 Å². The molecule has 0 amide bonds. The molecule has 38 heavy (non-hydrogen) atoms. The first kappa shape index (κ1) is 27.3. The molecule has 2 nitrogen and oxygen atoms in total. The number of carbonyl (C=O) groups is 1. The van der Waals surface area contributed by atoms with Crippen LogP contribution in [-0.4, -0.2) is 13.4 Å². The van der Waals surface area contributed by atoms with Crippen LogP contribution in [0.15, 0.2) is 53.9 Å². The van der Waals surface area contributed by atoms with Gasteiger partial charge < -0.3 is 4.74 Å². The first-order valence-electron chi connectivity index (χ1n) is 13.5. The minimum atomic E-state index is 0.820. The summed E-state index contributed by atoms with van der Waals surface area (Å²) in [6.45, 7) is 2.27. The second-order valence-electron chi connectivity index (χ2n) is 9.74. The third-order valence-electron chi connectivity index (χ3n) is 6.93. The van der Waals surface area contributed by atoms with E-state index in [9.17, 15) is 4.79 Å². The highest BCUT2D eigenvalue weighted by molar-refractivity contribution is 7.28. The Hall–Kier alpha value is -2.25. The average Bonchev–Trinajstić information content (AvgIpc) is 3.71. The minimum absolute atomic E-state index is 0.820. The maximum absolute atomic E-state index is 11.3. The van der Waals surface area contributed by atoms with Crippen molar-refractivity contribution in [3.05, 3.63) is 84.5 Å². The molecule has 0 aliphatic heterocycles. The molecule has 0 spiro atoms. The molecule has 4 heterocycles. The summed E-state index contributed by atoms with van der Waals surface area (Å²) in [6, 6.07) is 17.9. The number of aldehydes is 1. The summed E-state index contributed by atoms with van der Waals surface area (Å²) in [7, 11) is 1.77. The molecule has 0 atom stereocenters. The fourth-order valence-corrected chi connectivity index (χ4v) is 9.50. The number of fused-ring (bicyclic) bond motifs is 1. The molecule has 0 aliphatic carbocycles. The predicted molar refractivity (Wildman–Crippen MR) is 168 cm³/mol. The Balaban J connectivity index is 1.22. The van der Waals surface area contributed by atoms with Gasteiger partial charge in [0.2, 0.25) is 0 Å². The maximum Gasteiger partial charge on any atom is 0.151 e. The van der Waals surface area contributed by atoms with Crippen molar-refractivity contribution in [2.45, 2.75) is 64.7 Å². The molecule has 0 N–H and O–H groups in total. The predicted octanol–water partition coefficient (Wildman–Crippen LogP) is 10.7. The lowest BCUT2D eigenvalue weighted by Gasteiger charge is -2.03. The van der Waals surface area contributed by atoms with E-state index in [1.165, 1.54) is 85.0 Å². The zero-order valence-corrected chi connectivity index (χ0v) is 25.4. The second kappa shape index (κ2) is 13.2. The molecular formula is C32H34O2S4. The third kappa shape index (κ3) is 6.66. The van der Waals surface area contributed by atoms with Gasteiger partial charge in [-0.05, 0) is 53.6 Å². The largest absolute Gasteiger partial charge is 0.496 e. The Kier molecular flexibility index (Phi) is 9.49. The van der Waals surface area contributed by atoms with E-state index in [0.29, 0.717) is 0 Å². The summed E-state index contributed by atoms with van der Waals surface area (Å²) >= 11 is 7.22. The van der Waals surface area contributed by atoms with Crippen LogP contribution >= 0.6 is 45.3 Å². The van der Waals surface area contributed by atoms with Crippen LogP contribution in [0, 0.1) is 0 Å². The third-order valence-corrected chi connectivity index (χ3v) is 11.3. The molecule has 5 rings (SSSR count). The summed E-state index contributed by atoms with van der Waals surface area (Å²) in [5.41, 5.74) is 3.53. The molecule has 0 radical (unpaired) electrons. The molecule has 0 saturated carbocycles. The molecule has 0 bridgehead atoms. The number of benzene rings is 1. The lowest BCUT2D eigenvalue weighted by Crippen LogP contribution is -1.86. The van der Waals surface area contributed by atoms with E-state index in [1.807, 2.05) is 45.5 Å². The smallest absolute Gasteiger partial charge is 0.151 e. The Labute approximate surface area is 242 Å². The van der Waals surface area contributed by atoms with Gasteiger partial charge in [0.05, 0.1) is 12.0 Å². The summed E-state index contributed by atoms with van der Waals surface area (Å²) in [6.07, 6.45) is 11.9. The van der Waals surface area contributed by atoms with E-state index in [4.69, 9.17) is 4.74 Å². The van der Waals surface area contributed by atoms with Crippen molar-refractivity contribution in [3.63, 3.8) is 0 Å². The van der Waals surface area contributed by atoms with Gasteiger partial charge in [0.25, 0.3) is 0 Å². The van der Waals surface area contributed by atoms with Crippen LogP contribution < -0.4 is 4.74 Å². The lowest BCUT2D eigenvalue weighted by atomic mass is 10.0. The molecule has 4 aromatic heterocycles. The fourth-order valence-electron chi connectivity index (χ4n) is 4.82. The van der Waals surface area contributed by atoms with E-state index in [1.54, 1.807) is 18.4 Å². The van der Waals surface area contributed by atoms with Crippen molar-refractivity contribution < 1.29 is 9.53 Å². The van der Waals surface area contributed by atoms with Gasteiger partial charge in [-0.15, -0.1) is 45.3 Å². The fraction of sp³-hybridized carbons (Fsp3) is 0.344. The Morgan fingerprint density at radius 1 is 0.789 bits per heavy atom. The number of hydrogen-bond donors (Lipinski definition) is 0. The number of aryl methyl sites for hydroxylation is 1. The normalized spacial score (nSPS) is 11.4. The van der Waals surface area contributed by atoms with Gasteiger partial charge in [-0.1, -0.05) is 63.3 Å². The molecule has 0 saturated heterocycles. The highest BCUT2D eigenvalue weighted by Crippen LogP contribution is 2.41. The molecular weight excluding hydrogens is 545 g/mol. The highest BCUT2D eigenvalue weighted by Gasteiger charge is 2.15. The van der Waals surface area contributed by atoms with Gasteiger partial charge in [-0.2, -0.15) is 0 Å². The standard InChI is InChI=1S/C32H34O2S4/c1-3-4-5-6-7-8-9-22-10-12-23(13-11-22)29-20-27(34-2)30(38-29)17-26-19-32-31(37-26)18-25(36-32)16-28-24(21-33)14-15-35-28/h10-15,18-21H,3-9,16-17H2,1-2H3. The Morgan fingerprint density at radius 2 is 1.47 bits per heavy atom. The van der Waals surface area contributed by atoms with E-state index < -0.39 is 0 Å². The van der Waals surface area contributed by atoms with Crippen molar-refractivity contribution >= 4 is 61.0 Å². The first-order chi connectivity index (χ1) is 18.7. The van der Waals surface area contributed by atoms with Crippen LogP contribution in [0.2, 0.25) is 0 Å². The number of rotatable bonds is 14. The van der Waals surface area contributed by atoms with Crippen molar-refractivity contribution in [3.8, 4) is 16.2 Å². The summed E-state index contributed by atoms with van der Waals surface area (Å²) in [5, 5.41) is 2.00. The zero-order chi connectivity index (χ0) is 26.3. The van der Waals surface area contributed by atoms with E-state index in [2.05, 4.69) is 49.4 Å². The van der Waals surface area contributed by atoms with Crippen molar-refractivity contribution in [1.29, 1.82) is 0 Å². The summed E-state index contributed by atoms with van der Waals surface area (Å²) < 4.78 is 8.45. The topological polar surface area (TPSA) is 26.3 Å². The van der Waals surface area contributed by atoms with Crippen LogP contribution in [0.1, 0.15) is 80.9 Å². The van der Waals surface area contributed by atoms with Crippen LogP contribution in [0.25, 0.3) is 19.8 Å². The van der Waals surface area contributed by atoms with Gasteiger partial charge in [0.1, 0.15) is 5.75 Å². The monoisotopic (exact) mass is 578 g/mol. The van der Waals surface area contributed by atoms with Gasteiger partial charge in [-0.3, -0.25) is 4.79 Å². The second-order valence-corrected chi connectivity index (χ2v) is 14.2. The molecule has 6 heteroatoms. The lowest BCUT2D eigenvalue weighted by molar-refractivity contribution is 0.112. The molecule has 1 aromatic carbocycles. The van der Waals surface area contributed by atoms with Gasteiger partial charge in [-0.25, -0.2) is 0 Å². The van der Waals surface area contributed by atoms with Gasteiger partial charge in [0.15, 0.2) is 6.29 Å². The zero-order valence-electron chi connectivity index (χ0n) is 22.1. The quantitative estimate of drug-likeness (QED) is 0.0967. The van der Waals surface area contributed by atoms with Crippen molar-refractivity contribution in [2.24, 2.45) is 0 Å². The van der Waals surface area contributed by atoms with Crippen LogP contribution in [0.3, 0.4) is 0 Å². The number of ether oxygens (including phenoxy) is 1. The maximum atomic E-state index is 11.3. The Bertz CT molecular complexity index is 1430. The summed E-state index contributed by atoms with van der Waals surface area (Å²) in [5.74, 6) is 0.984. The molecule has 198 valence electrons.